The summed E-state index contributed by atoms with van der Waals surface area (Å²) in [6.07, 6.45) is 1.28. The van der Waals surface area contributed by atoms with Crippen LogP contribution in [0.2, 0.25) is 0 Å². The lowest BCUT2D eigenvalue weighted by atomic mass is 10.2. The maximum atomic E-state index is 10.8. The molecule has 1 rings (SSSR count). The second-order valence-corrected chi connectivity index (χ2v) is 2.02. The topological polar surface area (TPSA) is 67.5 Å². The number of hydrogen-bond acceptors (Lipinski definition) is 3. The first kappa shape index (κ1) is 7.53. The van der Waals surface area contributed by atoms with Gasteiger partial charge in [0.15, 0.2) is 0 Å². The zero-order chi connectivity index (χ0) is 8.43. The molecule has 1 heterocycles. The smallest absolute Gasteiger partial charge is 0.377 e. The largest absolute Gasteiger partial charge is 0.475 e. The van der Waals surface area contributed by atoms with E-state index >= 15 is 0 Å². The van der Waals surface area contributed by atoms with E-state index < -0.39 is 11.8 Å². The molecular formula is C7H6O4. The summed E-state index contributed by atoms with van der Waals surface area (Å²) in [6, 6.07) is 1.34. The number of aliphatic carboxylic acids is 1. The lowest BCUT2D eigenvalue weighted by molar-refractivity contribution is -0.131. The molecule has 0 saturated heterocycles. The Labute approximate surface area is 62.4 Å². The SMILES string of the molecule is Cc1occc1C(=O)C(=O)O. The summed E-state index contributed by atoms with van der Waals surface area (Å²) in [4.78, 5) is 20.9. The maximum absolute atomic E-state index is 10.8. The van der Waals surface area contributed by atoms with Gasteiger partial charge in [-0.05, 0) is 13.0 Å². The first-order chi connectivity index (χ1) is 5.13. The van der Waals surface area contributed by atoms with E-state index in [1.54, 1.807) is 0 Å². The fourth-order valence-electron chi connectivity index (χ4n) is 0.736. The number of carbonyl (C=O) groups excluding carboxylic acids is 1. The second kappa shape index (κ2) is 2.57. The molecule has 0 aromatic carbocycles. The van der Waals surface area contributed by atoms with Crippen LogP contribution in [0.5, 0.6) is 0 Å². The second-order valence-electron chi connectivity index (χ2n) is 2.02. The third-order valence-electron chi connectivity index (χ3n) is 1.30. The van der Waals surface area contributed by atoms with Crippen LogP contribution in [0, 0.1) is 6.92 Å². The molecule has 0 saturated carbocycles. The van der Waals surface area contributed by atoms with Crippen molar-refractivity contribution in [3.63, 3.8) is 0 Å². The maximum Gasteiger partial charge on any atom is 0.377 e. The lowest BCUT2D eigenvalue weighted by Gasteiger charge is -1.89. The van der Waals surface area contributed by atoms with Crippen molar-refractivity contribution in [2.45, 2.75) is 6.92 Å². The van der Waals surface area contributed by atoms with Crippen LogP contribution < -0.4 is 0 Å². The molecule has 0 fully saturated rings. The van der Waals surface area contributed by atoms with Crippen molar-refractivity contribution in [3.8, 4) is 0 Å². The van der Waals surface area contributed by atoms with Crippen molar-refractivity contribution in [1.29, 1.82) is 0 Å². The Morgan fingerprint density at radius 2 is 2.18 bits per heavy atom. The molecule has 0 amide bonds. The highest BCUT2D eigenvalue weighted by molar-refractivity contribution is 6.40. The first-order valence-electron chi connectivity index (χ1n) is 2.94. The Hall–Kier alpha value is -1.58. The third kappa shape index (κ3) is 1.29. The summed E-state index contributed by atoms with van der Waals surface area (Å²) in [6.45, 7) is 1.54. The third-order valence-corrected chi connectivity index (χ3v) is 1.30. The zero-order valence-electron chi connectivity index (χ0n) is 5.83. The number of carboxylic acid groups (broad SMARTS) is 1. The van der Waals surface area contributed by atoms with E-state index in [0.29, 0.717) is 5.76 Å². The van der Waals surface area contributed by atoms with Crippen LogP contribution in [0.25, 0.3) is 0 Å². The highest BCUT2D eigenvalue weighted by Crippen LogP contribution is 2.08. The molecule has 0 bridgehead atoms. The Balaban J connectivity index is 3.02. The quantitative estimate of drug-likeness (QED) is 0.506. The van der Waals surface area contributed by atoms with E-state index in [2.05, 4.69) is 0 Å². The van der Waals surface area contributed by atoms with Gasteiger partial charge in [-0.2, -0.15) is 0 Å². The van der Waals surface area contributed by atoms with E-state index in [-0.39, 0.29) is 5.56 Å². The summed E-state index contributed by atoms with van der Waals surface area (Å²) in [5.74, 6) is -2.07. The molecule has 1 N–H and O–H groups in total. The van der Waals surface area contributed by atoms with Crippen LogP contribution in [0.15, 0.2) is 16.7 Å². The minimum Gasteiger partial charge on any atom is -0.475 e. The summed E-state index contributed by atoms with van der Waals surface area (Å²) < 4.78 is 4.75. The summed E-state index contributed by atoms with van der Waals surface area (Å²) in [5, 5.41) is 8.29. The van der Waals surface area contributed by atoms with Gasteiger partial charge in [0.2, 0.25) is 0 Å². The van der Waals surface area contributed by atoms with Gasteiger partial charge >= 0.3 is 5.97 Å². The van der Waals surface area contributed by atoms with Crippen molar-refractivity contribution in [2.75, 3.05) is 0 Å². The molecule has 0 spiro atoms. The fraction of sp³-hybridized carbons (Fsp3) is 0.143. The number of carbonyl (C=O) groups is 2. The Morgan fingerprint density at radius 1 is 1.55 bits per heavy atom. The summed E-state index contributed by atoms with van der Waals surface area (Å²) >= 11 is 0. The van der Waals surface area contributed by atoms with Crippen molar-refractivity contribution in [1.82, 2.24) is 0 Å². The summed E-state index contributed by atoms with van der Waals surface area (Å²) in [7, 11) is 0. The minimum atomic E-state index is -1.46. The summed E-state index contributed by atoms with van der Waals surface area (Å²) in [5.41, 5.74) is 0.109. The zero-order valence-corrected chi connectivity index (χ0v) is 5.83. The average molecular weight is 154 g/mol. The molecule has 1 aromatic rings. The average Bonchev–Trinajstić information content (AvgIpc) is 2.33. The molecule has 0 aliphatic heterocycles. The molecule has 0 aliphatic rings. The number of rotatable bonds is 2. The van der Waals surface area contributed by atoms with E-state index in [4.69, 9.17) is 9.52 Å². The highest BCUT2D eigenvalue weighted by atomic mass is 16.4. The van der Waals surface area contributed by atoms with E-state index in [1.807, 2.05) is 0 Å². The molecule has 4 heteroatoms. The molecule has 0 radical (unpaired) electrons. The Morgan fingerprint density at radius 3 is 2.55 bits per heavy atom. The van der Waals surface area contributed by atoms with Gasteiger partial charge in [-0.25, -0.2) is 4.79 Å². The van der Waals surface area contributed by atoms with Crippen molar-refractivity contribution in [3.05, 3.63) is 23.7 Å². The van der Waals surface area contributed by atoms with Gasteiger partial charge in [-0.15, -0.1) is 0 Å². The van der Waals surface area contributed by atoms with Gasteiger partial charge in [0.1, 0.15) is 5.76 Å². The molecule has 0 unspecified atom stereocenters. The van der Waals surface area contributed by atoms with Gasteiger partial charge in [0, 0.05) is 0 Å². The van der Waals surface area contributed by atoms with Crippen LogP contribution in [0.1, 0.15) is 16.1 Å². The minimum absolute atomic E-state index is 0.109. The molecule has 58 valence electrons. The Kier molecular flexibility index (Phi) is 1.76. The standard InChI is InChI=1S/C7H6O4/c1-4-5(2-3-11-4)6(8)7(9)10/h2-3H,1H3,(H,9,10). The van der Waals surface area contributed by atoms with E-state index in [0.717, 1.165) is 0 Å². The van der Waals surface area contributed by atoms with Gasteiger partial charge in [-0.1, -0.05) is 0 Å². The van der Waals surface area contributed by atoms with Crippen LogP contribution in [-0.4, -0.2) is 16.9 Å². The lowest BCUT2D eigenvalue weighted by Crippen LogP contribution is -2.12. The number of ketones is 1. The van der Waals surface area contributed by atoms with Crippen molar-refractivity contribution < 1.29 is 19.1 Å². The van der Waals surface area contributed by atoms with Gasteiger partial charge < -0.3 is 9.52 Å². The number of aryl methyl sites for hydroxylation is 1. The molecular weight excluding hydrogens is 148 g/mol. The number of carboxylic acids is 1. The van der Waals surface area contributed by atoms with E-state index in [1.165, 1.54) is 19.3 Å². The van der Waals surface area contributed by atoms with Crippen LogP contribution in [-0.2, 0) is 4.79 Å². The first-order valence-corrected chi connectivity index (χ1v) is 2.94. The number of furan rings is 1. The van der Waals surface area contributed by atoms with Crippen LogP contribution in [0.4, 0.5) is 0 Å². The van der Waals surface area contributed by atoms with Gasteiger partial charge in [0.05, 0.1) is 11.8 Å². The molecule has 0 aliphatic carbocycles. The number of hydrogen-bond donors (Lipinski definition) is 1. The van der Waals surface area contributed by atoms with Gasteiger partial charge in [0.25, 0.3) is 5.78 Å². The van der Waals surface area contributed by atoms with Crippen molar-refractivity contribution in [2.24, 2.45) is 0 Å². The fourth-order valence-corrected chi connectivity index (χ4v) is 0.736. The number of Topliss-reactive ketones (excluding diaryl/α,β-unsaturated/α-hetero) is 1. The molecule has 4 nitrogen and oxygen atoms in total. The predicted molar refractivity (Wildman–Crippen MR) is 35.4 cm³/mol. The molecule has 0 atom stereocenters. The molecule has 11 heavy (non-hydrogen) atoms. The highest BCUT2D eigenvalue weighted by Gasteiger charge is 2.18. The van der Waals surface area contributed by atoms with Gasteiger partial charge in [-0.3, -0.25) is 4.79 Å². The van der Waals surface area contributed by atoms with Crippen LogP contribution >= 0.6 is 0 Å². The molecule has 1 aromatic heterocycles. The van der Waals surface area contributed by atoms with E-state index in [9.17, 15) is 9.59 Å². The monoisotopic (exact) mass is 154 g/mol. The normalized spacial score (nSPS) is 9.55. The predicted octanol–water partition coefficient (Wildman–Crippen LogP) is 0.855. The Bertz CT molecular complexity index is 297. The van der Waals surface area contributed by atoms with Crippen molar-refractivity contribution >= 4 is 11.8 Å². The van der Waals surface area contributed by atoms with Crippen LogP contribution in [0.3, 0.4) is 0 Å².